The number of nitrogens with zero attached hydrogens (tertiary/aromatic N) is 4. The van der Waals surface area contributed by atoms with Gasteiger partial charge in [-0.05, 0) is 18.2 Å². The molecule has 4 rings (SSSR count). The number of aromatic carboxylic acids is 1. The first kappa shape index (κ1) is 12.6. The van der Waals surface area contributed by atoms with Crippen LogP contribution in [0.5, 0.6) is 0 Å². The minimum atomic E-state index is -1.01. The lowest BCUT2D eigenvalue weighted by Gasteiger charge is -2.05. The van der Waals surface area contributed by atoms with Gasteiger partial charge in [-0.1, -0.05) is 18.2 Å². The van der Waals surface area contributed by atoms with Crippen LogP contribution in [0.4, 0.5) is 0 Å². The van der Waals surface area contributed by atoms with E-state index in [1.54, 1.807) is 29.1 Å². The minimum absolute atomic E-state index is 0.151. The summed E-state index contributed by atoms with van der Waals surface area (Å²) in [4.78, 5) is 20.0. The van der Waals surface area contributed by atoms with Crippen LogP contribution in [0.3, 0.4) is 0 Å². The number of rotatable bonds is 2. The quantitative estimate of drug-likeness (QED) is 0.616. The summed E-state index contributed by atoms with van der Waals surface area (Å²) in [5.74, 6) is -0.654. The lowest BCUT2D eigenvalue weighted by molar-refractivity contribution is 0.0688. The average molecular weight is 292 g/mol. The highest BCUT2D eigenvalue weighted by atomic mass is 16.4. The van der Waals surface area contributed by atoms with Crippen LogP contribution in [0, 0.1) is 0 Å². The molecule has 108 valence electrons. The zero-order chi connectivity index (χ0) is 15.3. The molecule has 6 heteroatoms. The summed E-state index contributed by atoms with van der Waals surface area (Å²) in [6.45, 7) is 0. The average Bonchev–Trinajstić information content (AvgIpc) is 3.06. The number of aryl methyl sites for hydroxylation is 1. The molecule has 0 fully saturated rings. The number of fused-ring (bicyclic) bond motifs is 3. The van der Waals surface area contributed by atoms with E-state index in [2.05, 4.69) is 9.97 Å². The Bertz CT molecular complexity index is 1010. The van der Waals surface area contributed by atoms with Gasteiger partial charge in [-0.2, -0.15) is 0 Å². The smallest absolute Gasteiger partial charge is 0.353 e. The van der Waals surface area contributed by atoms with Crippen LogP contribution in [-0.4, -0.2) is 30.2 Å². The second-order valence-electron chi connectivity index (χ2n) is 5.03. The number of hydrogen-bond acceptors (Lipinski definition) is 3. The summed E-state index contributed by atoms with van der Waals surface area (Å²) >= 11 is 0. The Kier molecular flexibility index (Phi) is 2.53. The van der Waals surface area contributed by atoms with Crippen molar-refractivity contribution in [3.05, 3.63) is 54.5 Å². The van der Waals surface area contributed by atoms with E-state index in [4.69, 9.17) is 0 Å². The SMILES string of the molecule is Cn1c2ccccc2c2c1cc(C(=O)O)n2-c1ncccn1. The molecular formula is C16H12N4O2. The molecule has 1 N–H and O–H groups in total. The normalized spacial score (nSPS) is 11.3. The summed E-state index contributed by atoms with van der Waals surface area (Å²) in [5, 5.41) is 10.5. The number of hydrogen-bond donors (Lipinski definition) is 1. The second-order valence-corrected chi connectivity index (χ2v) is 5.03. The third-order valence-electron chi connectivity index (χ3n) is 3.83. The third-order valence-corrected chi connectivity index (χ3v) is 3.83. The first-order valence-electron chi connectivity index (χ1n) is 6.78. The van der Waals surface area contributed by atoms with E-state index in [0.717, 1.165) is 21.9 Å². The van der Waals surface area contributed by atoms with Crippen molar-refractivity contribution in [1.82, 2.24) is 19.1 Å². The van der Waals surface area contributed by atoms with E-state index in [1.807, 2.05) is 35.9 Å². The molecule has 6 nitrogen and oxygen atoms in total. The molecule has 0 saturated heterocycles. The van der Waals surface area contributed by atoms with Crippen LogP contribution in [0.15, 0.2) is 48.8 Å². The number of benzene rings is 1. The van der Waals surface area contributed by atoms with Gasteiger partial charge < -0.3 is 9.67 Å². The molecule has 4 aromatic rings. The zero-order valence-electron chi connectivity index (χ0n) is 11.8. The largest absolute Gasteiger partial charge is 0.477 e. The van der Waals surface area contributed by atoms with Gasteiger partial charge in [0.1, 0.15) is 5.69 Å². The van der Waals surface area contributed by atoms with Gasteiger partial charge in [0.05, 0.1) is 16.6 Å². The Morgan fingerprint density at radius 2 is 1.82 bits per heavy atom. The van der Waals surface area contributed by atoms with E-state index in [9.17, 15) is 9.90 Å². The Morgan fingerprint density at radius 3 is 2.55 bits per heavy atom. The highest BCUT2D eigenvalue weighted by Crippen LogP contribution is 2.32. The molecule has 0 spiro atoms. The van der Waals surface area contributed by atoms with Crippen LogP contribution < -0.4 is 0 Å². The molecule has 0 amide bonds. The maximum atomic E-state index is 11.6. The summed E-state index contributed by atoms with van der Waals surface area (Å²) in [7, 11) is 1.92. The molecule has 0 aliphatic heterocycles. The van der Waals surface area contributed by atoms with Crippen LogP contribution in [0.25, 0.3) is 27.9 Å². The molecular weight excluding hydrogens is 280 g/mol. The number of carboxylic acid groups (broad SMARTS) is 1. The van der Waals surface area contributed by atoms with E-state index in [1.165, 1.54) is 0 Å². The minimum Gasteiger partial charge on any atom is -0.477 e. The molecule has 0 saturated carbocycles. The van der Waals surface area contributed by atoms with Gasteiger partial charge in [-0.3, -0.25) is 4.57 Å². The fraction of sp³-hybridized carbons (Fsp3) is 0.0625. The van der Waals surface area contributed by atoms with Crippen molar-refractivity contribution in [2.75, 3.05) is 0 Å². The molecule has 0 aliphatic carbocycles. The molecule has 0 bridgehead atoms. The summed E-state index contributed by atoms with van der Waals surface area (Å²) < 4.78 is 3.58. The molecule has 3 aromatic heterocycles. The van der Waals surface area contributed by atoms with Gasteiger partial charge >= 0.3 is 5.97 Å². The summed E-state index contributed by atoms with van der Waals surface area (Å²) in [6.07, 6.45) is 3.20. The van der Waals surface area contributed by atoms with Crippen LogP contribution >= 0.6 is 0 Å². The van der Waals surface area contributed by atoms with Crippen LogP contribution in [0.1, 0.15) is 10.5 Å². The lowest BCUT2D eigenvalue weighted by atomic mass is 10.2. The number of para-hydroxylation sites is 1. The van der Waals surface area contributed by atoms with Crippen molar-refractivity contribution in [3.8, 4) is 5.95 Å². The van der Waals surface area contributed by atoms with E-state index >= 15 is 0 Å². The van der Waals surface area contributed by atoms with E-state index in [-0.39, 0.29) is 5.69 Å². The molecule has 0 atom stereocenters. The van der Waals surface area contributed by atoms with Crippen molar-refractivity contribution < 1.29 is 9.90 Å². The first-order chi connectivity index (χ1) is 10.7. The number of aromatic nitrogens is 4. The Labute approximate surface area is 125 Å². The fourth-order valence-corrected chi connectivity index (χ4v) is 2.88. The molecule has 0 aliphatic rings. The molecule has 22 heavy (non-hydrogen) atoms. The predicted octanol–water partition coefficient (Wildman–Crippen LogP) is 2.61. The van der Waals surface area contributed by atoms with Crippen molar-refractivity contribution >= 4 is 27.9 Å². The standard InChI is InChI=1S/C16H12N4O2/c1-19-11-6-3-2-5-10(11)14-12(19)9-13(15(21)22)20(14)16-17-7-4-8-18-16/h2-9H,1H3,(H,21,22). The first-order valence-corrected chi connectivity index (χ1v) is 6.78. The Hall–Kier alpha value is -3.15. The lowest BCUT2D eigenvalue weighted by Crippen LogP contribution is -2.09. The van der Waals surface area contributed by atoms with Crippen molar-refractivity contribution in [3.63, 3.8) is 0 Å². The maximum absolute atomic E-state index is 11.6. The Morgan fingerprint density at radius 1 is 1.09 bits per heavy atom. The molecule has 3 heterocycles. The van der Waals surface area contributed by atoms with Gasteiger partial charge in [0.15, 0.2) is 0 Å². The zero-order valence-corrected chi connectivity index (χ0v) is 11.8. The number of carboxylic acids is 1. The molecule has 1 aromatic carbocycles. The van der Waals surface area contributed by atoms with Crippen molar-refractivity contribution in [2.24, 2.45) is 7.05 Å². The third kappa shape index (κ3) is 1.57. The Balaban J connectivity index is 2.23. The monoisotopic (exact) mass is 292 g/mol. The summed E-state index contributed by atoms with van der Waals surface area (Å²) in [5.41, 5.74) is 2.83. The van der Waals surface area contributed by atoms with Gasteiger partial charge in [0.25, 0.3) is 0 Å². The second kappa shape index (κ2) is 4.42. The molecule has 0 radical (unpaired) electrons. The van der Waals surface area contributed by atoms with Gasteiger partial charge in [-0.15, -0.1) is 0 Å². The van der Waals surface area contributed by atoms with Gasteiger partial charge in [0.2, 0.25) is 5.95 Å². The topological polar surface area (TPSA) is 72.9 Å². The van der Waals surface area contributed by atoms with E-state index < -0.39 is 5.97 Å². The fourth-order valence-electron chi connectivity index (χ4n) is 2.88. The van der Waals surface area contributed by atoms with Crippen LogP contribution in [0.2, 0.25) is 0 Å². The van der Waals surface area contributed by atoms with Crippen LogP contribution in [-0.2, 0) is 7.05 Å². The molecule has 0 unspecified atom stereocenters. The number of carbonyl (C=O) groups is 1. The summed E-state index contributed by atoms with van der Waals surface area (Å²) in [6, 6.07) is 11.2. The maximum Gasteiger partial charge on any atom is 0.353 e. The van der Waals surface area contributed by atoms with Crippen molar-refractivity contribution in [1.29, 1.82) is 0 Å². The van der Waals surface area contributed by atoms with Gasteiger partial charge in [0, 0.05) is 24.8 Å². The predicted molar refractivity (Wildman–Crippen MR) is 82.3 cm³/mol. The highest BCUT2D eigenvalue weighted by molar-refractivity contribution is 6.09. The van der Waals surface area contributed by atoms with E-state index in [0.29, 0.717) is 5.95 Å². The highest BCUT2D eigenvalue weighted by Gasteiger charge is 2.22. The van der Waals surface area contributed by atoms with Gasteiger partial charge in [-0.25, -0.2) is 14.8 Å². The van der Waals surface area contributed by atoms with Crippen molar-refractivity contribution in [2.45, 2.75) is 0 Å².